The minimum atomic E-state index is -4.05. The fourth-order valence-electron chi connectivity index (χ4n) is 4.47. The fraction of sp³-hybridized carbons (Fsp3) is 0.286. The van der Waals surface area contributed by atoms with Gasteiger partial charge in [-0.05, 0) is 37.1 Å². The number of aromatic nitrogens is 4. The van der Waals surface area contributed by atoms with Gasteiger partial charge >= 0.3 is 10.3 Å². The van der Waals surface area contributed by atoms with E-state index in [0.717, 1.165) is 33.3 Å². The largest absolute Gasteiger partial charge is 0.393 e. The summed E-state index contributed by atoms with van der Waals surface area (Å²) in [5, 5.41) is 26.2. The van der Waals surface area contributed by atoms with Crippen molar-refractivity contribution in [1.82, 2.24) is 19.5 Å². The third-order valence-electron chi connectivity index (χ3n) is 5.99. The molecule has 1 fully saturated rings. The maximum atomic E-state index is 11.1. The van der Waals surface area contributed by atoms with E-state index in [9.17, 15) is 13.5 Å². The van der Waals surface area contributed by atoms with Crippen molar-refractivity contribution < 1.29 is 17.7 Å². The molecule has 0 spiro atoms. The summed E-state index contributed by atoms with van der Waals surface area (Å²) in [6, 6.07) is 11.4. The zero-order valence-electron chi connectivity index (χ0n) is 16.8. The van der Waals surface area contributed by atoms with Gasteiger partial charge in [0.15, 0.2) is 0 Å². The van der Waals surface area contributed by atoms with E-state index in [1.165, 1.54) is 6.33 Å². The lowest BCUT2D eigenvalue weighted by molar-refractivity contribution is 0.100. The summed E-state index contributed by atoms with van der Waals surface area (Å²) in [7, 11) is -4.05. The average molecular weight is 452 g/mol. The first-order valence-electron chi connectivity index (χ1n) is 10.0. The van der Waals surface area contributed by atoms with E-state index in [4.69, 9.17) is 10.4 Å². The highest BCUT2D eigenvalue weighted by Crippen LogP contribution is 2.38. The maximum Gasteiger partial charge on any atom is 0.333 e. The molecule has 0 bridgehead atoms. The average Bonchev–Trinajstić information content (AvgIpc) is 3.46. The van der Waals surface area contributed by atoms with Crippen LogP contribution in [0.4, 0.5) is 0 Å². The van der Waals surface area contributed by atoms with Gasteiger partial charge in [-0.1, -0.05) is 6.07 Å². The molecule has 1 aliphatic carbocycles. The highest BCUT2D eigenvalue weighted by Gasteiger charge is 2.35. The van der Waals surface area contributed by atoms with E-state index in [1.54, 1.807) is 12.1 Å². The van der Waals surface area contributed by atoms with Gasteiger partial charge in [-0.15, -0.1) is 0 Å². The molecule has 5 rings (SSSR count). The van der Waals surface area contributed by atoms with Crippen molar-refractivity contribution in [3.8, 4) is 17.5 Å². The standard InChI is InChI=1S/C21H20N6O4S/c22-9-12-1-2-13-7-18(26-17(13)5-12)20-16-3-4-27(21(16)25-11-24-20)15-6-14(19(28)8-15)10-31-32(23,29)30/h1-5,7,11,14-15,19,26,28H,6,8,10H2,(H2,23,29,30)/t14-,15+,19-/m0/s1. The molecule has 4 aromatic rings. The predicted molar refractivity (Wildman–Crippen MR) is 116 cm³/mol. The van der Waals surface area contributed by atoms with E-state index in [1.807, 2.05) is 29.0 Å². The Bertz CT molecular complexity index is 1470. The number of hydrogen-bond acceptors (Lipinski definition) is 7. The molecule has 3 heterocycles. The number of aliphatic hydroxyl groups is 1. The molecule has 0 unspecified atom stereocenters. The van der Waals surface area contributed by atoms with E-state index in [0.29, 0.717) is 18.4 Å². The molecule has 3 atom stereocenters. The Balaban J connectivity index is 1.47. The van der Waals surface area contributed by atoms with Crippen molar-refractivity contribution in [2.75, 3.05) is 6.61 Å². The number of nitrogens with zero attached hydrogens (tertiary/aromatic N) is 4. The number of rotatable bonds is 5. The number of aromatic amines is 1. The molecule has 0 radical (unpaired) electrons. The lowest BCUT2D eigenvalue weighted by atomic mass is 10.1. The van der Waals surface area contributed by atoms with Crippen LogP contribution in [0.25, 0.3) is 33.3 Å². The van der Waals surface area contributed by atoms with Crippen LogP contribution in [-0.4, -0.2) is 45.8 Å². The van der Waals surface area contributed by atoms with Gasteiger partial charge in [0.1, 0.15) is 12.0 Å². The first-order valence-corrected chi connectivity index (χ1v) is 11.5. The van der Waals surface area contributed by atoms with Crippen LogP contribution in [0.2, 0.25) is 0 Å². The van der Waals surface area contributed by atoms with Gasteiger partial charge in [-0.3, -0.25) is 4.18 Å². The monoisotopic (exact) mass is 452 g/mol. The Morgan fingerprint density at radius 3 is 2.91 bits per heavy atom. The molecule has 1 saturated carbocycles. The molecule has 1 aromatic carbocycles. The third-order valence-corrected chi connectivity index (χ3v) is 6.45. The van der Waals surface area contributed by atoms with E-state index in [-0.39, 0.29) is 18.6 Å². The summed E-state index contributed by atoms with van der Waals surface area (Å²) < 4.78 is 28.8. The summed E-state index contributed by atoms with van der Waals surface area (Å²) in [4.78, 5) is 12.3. The Hall–Kier alpha value is -3.30. The number of H-pyrrole nitrogens is 1. The number of fused-ring (bicyclic) bond motifs is 2. The van der Waals surface area contributed by atoms with Gasteiger partial charge in [0, 0.05) is 34.4 Å². The van der Waals surface area contributed by atoms with Crippen LogP contribution in [-0.2, 0) is 14.5 Å². The summed E-state index contributed by atoms with van der Waals surface area (Å²) in [6.07, 6.45) is 3.67. The first kappa shape index (κ1) is 20.6. The van der Waals surface area contributed by atoms with Crippen molar-refractivity contribution >= 4 is 32.2 Å². The van der Waals surface area contributed by atoms with Gasteiger partial charge in [-0.2, -0.15) is 13.7 Å². The normalized spacial score (nSPS) is 21.3. The quantitative estimate of drug-likeness (QED) is 0.417. The topological polar surface area (TPSA) is 160 Å². The third kappa shape index (κ3) is 3.74. The summed E-state index contributed by atoms with van der Waals surface area (Å²) >= 11 is 0. The lowest BCUT2D eigenvalue weighted by Gasteiger charge is -2.14. The second-order valence-corrected chi connectivity index (χ2v) is 9.23. The van der Waals surface area contributed by atoms with E-state index < -0.39 is 16.4 Å². The lowest BCUT2D eigenvalue weighted by Crippen LogP contribution is -2.24. The van der Waals surface area contributed by atoms with E-state index >= 15 is 0 Å². The minimum absolute atomic E-state index is 0.0692. The number of nitrogens with two attached hydrogens (primary N) is 1. The molecule has 11 heteroatoms. The fourth-order valence-corrected chi connectivity index (χ4v) is 4.83. The number of aliphatic hydroxyl groups excluding tert-OH is 1. The smallest absolute Gasteiger partial charge is 0.333 e. The zero-order chi connectivity index (χ0) is 22.5. The molecular weight excluding hydrogens is 432 g/mol. The Labute approximate surface area is 183 Å². The van der Waals surface area contributed by atoms with E-state index in [2.05, 4.69) is 25.2 Å². The molecule has 10 nitrogen and oxygen atoms in total. The van der Waals surface area contributed by atoms with Crippen LogP contribution in [0.5, 0.6) is 0 Å². The van der Waals surface area contributed by atoms with Crippen molar-refractivity contribution in [3.63, 3.8) is 0 Å². The Kier molecular flexibility index (Phi) is 4.94. The zero-order valence-corrected chi connectivity index (χ0v) is 17.7. The Morgan fingerprint density at radius 2 is 2.12 bits per heavy atom. The van der Waals surface area contributed by atoms with Crippen LogP contribution in [0, 0.1) is 17.2 Å². The van der Waals surface area contributed by atoms with Crippen LogP contribution < -0.4 is 5.14 Å². The molecule has 32 heavy (non-hydrogen) atoms. The molecular formula is C21H20N6O4S. The molecule has 0 aliphatic heterocycles. The van der Waals surface area contributed by atoms with Crippen molar-refractivity contribution in [2.45, 2.75) is 25.0 Å². The minimum Gasteiger partial charge on any atom is -0.393 e. The predicted octanol–water partition coefficient (Wildman–Crippen LogP) is 1.98. The first-order chi connectivity index (χ1) is 15.3. The van der Waals surface area contributed by atoms with Gasteiger partial charge < -0.3 is 14.7 Å². The molecule has 0 amide bonds. The molecule has 3 aromatic heterocycles. The molecule has 4 N–H and O–H groups in total. The molecule has 0 saturated heterocycles. The van der Waals surface area contributed by atoms with Crippen LogP contribution in [0.3, 0.4) is 0 Å². The SMILES string of the molecule is N#Cc1ccc2cc(-c3ncnc4c3ccn4[C@@H]3C[C@@H](COS(N)(=O)=O)[C@@H](O)C3)[nH]c2c1. The highest BCUT2D eigenvalue weighted by atomic mass is 32.2. The second-order valence-electron chi connectivity index (χ2n) is 8.01. The summed E-state index contributed by atoms with van der Waals surface area (Å²) in [6.45, 7) is -0.157. The number of benzene rings is 1. The maximum absolute atomic E-state index is 11.1. The second kappa shape index (κ2) is 7.68. The van der Waals surface area contributed by atoms with Crippen molar-refractivity contribution in [2.24, 2.45) is 11.1 Å². The van der Waals surface area contributed by atoms with Gasteiger partial charge in [-0.25, -0.2) is 15.1 Å². The Morgan fingerprint density at radius 1 is 1.28 bits per heavy atom. The molecule has 1 aliphatic rings. The number of hydrogen-bond donors (Lipinski definition) is 3. The van der Waals surface area contributed by atoms with Gasteiger partial charge in [0.05, 0.1) is 35.7 Å². The van der Waals surface area contributed by atoms with Crippen LogP contribution >= 0.6 is 0 Å². The summed E-state index contributed by atoms with van der Waals surface area (Å²) in [5.41, 5.74) is 3.69. The van der Waals surface area contributed by atoms with Gasteiger partial charge in [0.25, 0.3) is 0 Å². The highest BCUT2D eigenvalue weighted by molar-refractivity contribution is 7.84. The van der Waals surface area contributed by atoms with Gasteiger partial charge in [0.2, 0.25) is 0 Å². The van der Waals surface area contributed by atoms with Crippen LogP contribution in [0.15, 0.2) is 42.9 Å². The van der Waals surface area contributed by atoms with Crippen LogP contribution in [0.1, 0.15) is 24.4 Å². The van der Waals surface area contributed by atoms with Crippen molar-refractivity contribution in [3.05, 3.63) is 48.4 Å². The summed E-state index contributed by atoms with van der Waals surface area (Å²) in [5.74, 6) is -0.347. The number of nitrogens with one attached hydrogen (secondary N) is 1. The number of nitriles is 1. The molecule has 164 valence electrons. The van der Waals surface area contributed by atoms with Crippen molar-refractivity contribution in [1.29, 1.82) is 5.26 Å².